The fourth-order valence-corrected chi connectivity index (χ4v) is 3.47. The molecule has 0 aliphatic heterocycles. The largest absolute Gasteiger partial charge is 0.368 e. The summed E-state index contributed by atoms with van der Waals surface area (Å²) in [6.07, 6.45) is 4.74. The third kappa shape index (κ3) is 2.79. The van der Waals surface area contributed by atoms with Gasteiger partial charge in [0.2, 0.25) is 0 Å². The van der Waals surface area contributed by atoms with Crippen LogP contribution in [0.5, 0.6) is 0 Å². The van der Waals surface area contributed by atoms with Gasteiger partial charge in [-0.15, -0.1) is 0 Å². The average Bonchev–Trinajstić information content (AvgIpc) is 2.75. The first-order valence-corrected chi connectivity index (χ1v) is 7.45. The molecular formula is C17H28N2. The highest BCUT2D eigenvalue weighted by Gasteiger charge is 2.45. The van der Waals surface area contributed by atoms with E-state index in [0.29, 0.717) is 5.41 Å². The fraction of sp³-hybridized carbons (Fsp3) is 0.647. The quantitative estimate of drug-likeness (QED) is 0.896. The molecule has 0 amide bonds. The first-order chi connectivity index (χ1) is 8.92. The maximum atomic E-state index is 6.14. The minimum atomic E-state index is 0.136. The number of hydrogen-bond acceptors (Lipinski definition) is 2. The van der Waals surface area contributed by atoms with Crippen molar-refractivity contribution in [3.05, 3.63) is 29.8 Å². The number of nitrogens with two attached hydrogens (primary N) is 1. The lowest BCUT2D eigenvalue weighted by molar-refractivity contribution is 0.332. The highest BCUT2D eigenvalue weighted by Crippen LogP contribution is 2.46. The molecule has 1 saturated carbocycles. The van der Waals surface area contributed by atoms with Crippen molar-refractivity contribution in [1.29, 1.82) is 0 Å². The summed E-state index contributed by atoms with van der Waals surface area (Å²) >= 11 is 0. The Morgan fingerprint density at radius 2 is 1.79 bits per heavy atom. The average molecular weight is 260 g/mol. The molecule has 1 fully saturated rings. The van der Waals surface area contributed by atoms with Crippen LogP contribution in [0.4, 0.5) is 5.69 Å². The highest BCUT2D eigenvalue weighted by atomic mass is 15.2. The summed E-state index contributed by atoms with van der Waals surface area (Å²) < 4.78 is 0. The van der Waals surface area contributed by atoms with E-state index in [0.717, 1.165) is 13.0 Å². The van der Waals surface area contributed by atoms with Crippen molar-refractivity contribution in [1.82, 2.24) is 0 Å². The summed E-state index contributed by atoms with van der Waals surface area (Å²) in [5.41, 5.74) is 9.38. The summed E-state index contributed by atoms with van der Waals surface area (Å²) in [6.45, 7) is 7.65. The predicted molar refractivity (Wildman–Crippen MR) is 83.6 cm³/mol. The number of rotatable bonds is 4. The summed E-state index contributed by atoms with van der Waals surface area (Å²) in [5.74, 6) is 0. The van der Waals surface area contributed by atoms with E-state index < -0.39 is 0 Å². The number of aryl methyl sites for hydroxylation is 1. The van der Waals surface area contributed by atoms with Crippen molar-refractivity contribution < 1.29 is 0 Å². The molecule has 1 unspecified atom stereocenters. The van der Waals surface area contributed by atoms with Crippen molar-refractivity contribution in [2.45, 2.75) is 52.0 Å². The molecule has 0 spiro atoms. The molecule has 1 aliphatic carbocycles. The lowest BCUT2D eigenvalue weighted by atomic mass is 9.86. The topological polar surface area (TPSA) is 29.3 Å². The summed E-state index contributed by atoms with van der Waals surface area (Å²) in [4.78, 5) is 2.42. The van der Waals surface area contributed by atoms with Gasteiger partial charge in [-0.1, -0.05) is 32.9 Å². The van der Waals surface area contributed by atoms with Crippen LogP contribution in [0, 0.1) is 5.41 Å². The maximum absolute atomic E-state index is 6.14. The van der Waals surface area contributed by atoms with Crippen molar-refractivity contribution in [3.8, 4) is 0 Å². The molecule has 0 saturated heterocycles. The Morgan fingerprint density at radius 3 is 2.21 bits per heavy atom. The number of nitrogens with zero attached hydrogens (tertiary/aromatic N) is 1. The first kappa shape index (κ1) is 14.4. The van der Waals surface area contributed by atoms with E-state index in [1.54, 1.807) is 0 Å². The van der Waals surface area contributed by atoms with Crippen LogP contribution in [-0.2, 0) is 6.42 Å². The number of likely N-dealkylation sites (N-methyl/N-ethyl adjacent to an activating group) is 1. The Morgan fingerprint density at radius 1 is 1.16 bits per heavy atom. The van der Waals surface area contributed by atoms with Gasteiger partial charge in [0.05, 0.1) is 5.54 Å². The molecule has 0 aromatic heterocycles. The van der Waals surface area contributed by atoms with E-state index in [2.05, 4.69) is 57.0 Å². The lowest BCUT2D eigenvalue weighted by Gasteiger charge is -2.41. The van der Waals surface area contributed by atoms with Gasteiger partial charge in [-0.3, -0.25) is 0 Å². The van der Waals surface area contributed by atoms with Gasteiger partial charge in [0.1, 0.15) is 0 Å². The van der Waals surface area contributed by atoms with E-state index in [4.69, 9.17) is 5.73 Å². The summed E-state index contributed by atoms with van der Waals surface area (Å²) in [7, 11) is 2.20. The monoisotopic (exact) mass is 260 g/mol. The molecule has 2 rings (SSSR count). The SMILES string of the molecule is CCc1ccc(N(C)C2(CN)CCC(C)(C)C2)cc1. The van der Waals surface area contributed by atoms with Crippen molar-refractivity contribution in [3.63, 3.8) is 0 Å². The zero-order chi connectivity index (χ0) is 14.1. The smallest absolute Gasteiger partial charge is 0.0526 e. The molecule has 106 valence electrons. The Bertz CT molecular complexity index is 421. The molecule has 2 N–H and O–H groups in total. The number of benzene rings is 1. The van der Waals surface area contributed by atoms with Crippen LogP contribution < -0.4 is 10.6 Å². The zero-order valence-corrected chi connectivity index (χ0v) is 12.9. The van der Waals surface area contributed by atoms with E-state index in [1.807, 2.05) is 0 Å². The van der Waals surface area contributed by atoms with E-state index in [-0.39, 0.29) is 5.54 Å². The standard InChI is InChI=1S/C17H28N2/c1-5-14-6-8-15(9-7-14)19(4)17(13-18)11-10-16(2,3)12-17/h6-9H,5,10-13,18H2,1-4H3. The minimum Gasteiger partial charge on any atom is -0.368 e. The second-order valence-corrected chi connectivity index (χ2v) is 6.85. The van der Waals surface area contributed by atoms with Crippen LogP contribution in [-0.4, -0.2) is 19.1 Å². The molecule has 0 heterocycles. The predicted octanol–water partition coefficient (Wildman–Crippen LogP) is 3.59. The molecule has 1 atom stereocenters. The Kier molecular flexibility index (Phi) is 3.91. The van der Waals surface area contributed by atoms with Crippen LogP contribution in [0.25, 0.3) is 0 Å². The van der Waals surface area contributed by atoms with Gasteiger partial charge in [0.15, 0.2) is 0 Å². The van der Waals surface area contributed by atoms with Gasteiger partial charge in [-0.05, 0) is 48.8 Å². The Hall–Kier alpha value is -1.02. The molecule has 19 heavy (non-hydrogen) atoms. The molecular weight excluding hydrogens is 232 g/mol. The van der Waals surface area contributed by atoms with Gasteiger partial charge in [0.25, 0.3) is 0 Å². The van der Waals surface area contributed by atoms with Crippen LogP contribution in [0.2, 0.25) is 0 Å². The molecule has 2 heteroatoms. The molecule has 1 aliphatic rings. The number of hydrogen-bond donors (Lipinski definition) is 1. The van der Waals surface area contributed by atoms with E-state index in [9.17, 15) is 0 Å². The Labute approximate surface area is 118 Å². The second kappa shape index (κ2) is 5.16. The van der Waals surface area contributed by atoms with Crippen molar-refractivity contribution in [2.24, 2.45) is 11.1 Å². The van der Waals surface area contributed by atoms with Crippen LogP contribution in [0.1, 0.15) is 45.6 Å². The molecule has 1 aromatic rings. The van der Waals surface area contributed by atoms with Crippen LogP contribution >= 0.6 is 0 Å². The fourth-order valence-electron chi connectivity index (χ4n) is 3.47. The highest BCUT2D eigenvalue weighted by molar-refractivity contribution is 5.50. The Balaban J connectivity index is 2.23. The van der Waals surface area contributed by atoms with Gasteiger partial charge in [-0.25, -0.2) is 0 Å². The van der Waals surface area contributed by atoms with Gasteiger partial charge < -0.3 is 10.6 Å². The summed E-state index contributed by atoms with van der Waals surface area (Å²) in [6, 6.07) is 8.94. The number of anilines is 1. The normalized spacial score (nSPS) is 25.5. The molecule has 2 nitrogen and oxygen atoms in total. The van der Waals surface area contributed by atoms with E-state index in [1.165, 1.54) is 30.5 Å². The summed E-state index contributed by atoms with van der Waals surface area (Å²) in [5, 5.41) is 0. The molecule has 0 radical (unpaired) electrons. The minimum absolute atomic E-state index is 0.136. The molecule has 1 aromatic carbocycles. The first-order valence-electron chi connectivity index (χ1n) is 7.45. The van der Waals surface area contributed by atoms with Crippen LogP contribution in [0.15, 0.2) is 24.3 Å². The maximum Gasteiger partial charge on any atom is 0.0526 e. The molecule has 0 bridgehead atoms. The second-order valence-electron chi connectivity index (χ2n) is 6.85. The van der Waals surface area contributed by atoms with Crippen molar-refractivity contribution >= 4 is 5.69 Å². The van der Waals surface area contributed by atoms with Crippen LogP contribution in [0.3, 0.4) is 0 Å². The zero-order valence-electron chi connectivity index (χ0n) is 12.9. The van der Waals surface area contributed by atoms with Gasteiger partial charge >= 0.3 is 0 Å². The van der Waals surface area contributed by atoms with Gasteiger partial charge in [0, 0.05) is 19.3 Å². The third-order valence-corrected chi connectivity index (χ3v) is 4.90. The van der Waals surface area contributed by atoms with Crippen molar-refractivity contribution in [2.75, 3.05) is 18.5 Å². The third-order valence-electron chi connectivity index (χ3n) is 4.90. The van der Waals surface area contributed by atoms with E-state index >= 15 is 0 Å². The lowest BCUT2D eigenvalue weighted by Crippen LogP contribution is -2.51. The van der Waals surface area contributed by atoms with Gasteiger partial charge in [-0.2, -0.15) is 0 Å².